The summed E-state index contributed by atoms with van der Waals surface area (Å²) in [6.07, 6.45) is 10.4. The zero-order valence-electron chi connectivity index (χ0n) is 20.0. The molecule has 2 heterocycles. The fourth-order valence-corrected chi connectivity index (χ4v) is 6.68. The van der Waals surface area contributed by atoms with Gasteiger partial charge in [0.2, 0.25) is 0 Å². The number of allylic oxidation sites excluding steroid dienone is 1. The number of rotatable bonds is 7. The lowest BCUT2D eigenvalue weighted by atomic mass is 9.67. The predicted molar refractivity (Wildman–Crippen MR) is 120 cm³/mol. The highest BCUT2D eigenvalue weighted by atomic mass is 16.7. The van der Waals surface area contributed by atoms with Crippen LogP contribution in [-0.2, 0) is 19.0 Å². The Hall–Kier alpha value is -0.910. The van der Waals surface area contributed by atoms with E-state index in [-0.39, 0.29) is 35.1 Å². The van der Waals surface area contributed by atoms with Crippen molar-refractivity contribution < 1.29 is 24.1 Å². The first-order chi connectivity index (χ1) is 14.6. The fraction of sp³-hybridized carbons (Fsp3) is 0.885. The van der Waals surface area contributed by atoms with Crippen molar-refractivity contribution in [1.29, 1.82) is 0 Å². The number of carbonyl (C=O) groups excluding carboxylic acids is 1. The maximum absolute atomic E-state index is 12.3. The maximum Gasteiger partial charge on any atom is 0.305 e. The van der Waals surface area contributed by atoms with Gasteiger partial charge in [-0.15, -0.1) is 0 Å². The van der Waals surface area contributed by atoms with Crippen molar-refractivity contribution in [2.45, 2.75) is 127 Å². The van der Waals surface area contributed by atoms with Crippen molar-refractivity contribution >= 4 is 5.97 Å². The first-order valence-electron chi connectivity index (χ1n) is 12.5. The van der Waals surface area contributed by atoms with Crippen LogP contribution in [0.4, 0.5) is 0 Å². The second-order valence-electron chi connectivity index (χ2n) is 11.5. The smallest absolute Gasteiger partial charge is 0.305 e. The molecule has 31 heavy (non-hydrogen) atoms. The van der Waals surface area contributed by atoms with Gasteiger partial charge in [-0.1, -0.05) is 38.8 Å². The Bertz CT molecular complexity index is 711. The number of fused-ring (bicyclic) bond motifs is 1. The molecule has 2 saturated carbocycles. The topological polar surface area (TPSA) is 71.6 Å². The normalized spacial score (nSPS) is 42.1. The summed E-state index contributed by atoms with van der Waals surface area (Å²) in [6.45, 7) is 13.0. The SMILES string of the molecule is C=C1CC[C@@H]2O[C@]2(COC(=O)CCCCC)C[C@H]2O[C@]23[C@H](C(C)(C)O)CC[C@@]3(C)CC1. The Morgan fingerprint density at radius 2 is 1.97 bits per heavy atom. The van der Waals surface area contributed by atoms with E-state index in [0.717, 1.165) is 64.2 Å². The van der Waals surface area contributed by atoms with E-state index < -0.39 is 11.2 Å². The van der Waals surface area contributed by atoms with Gasteiger partial charge in [0.25, 0.3) is 0 Å². The van der Waals surface area contributed by atoms with Crippen LogP contribution in [0.2, 0.25) is 0 Å². The molecule has 0 radical (unpaired) electrons. The van der Waals surface area contributed by atoms with E-state index in [0.29, 0.717) is 13.0 Å². The molecule has 0 aromatic heterocycles. The second kappa shape index (κ2) is 8.14. The highest BCUT2D eigenvalue weighted by Gasteiger charge is 2.77. The molecule has 2 aliphatic carbocycles. The summed E-state index contributed by atoms with van der Waals surface area (Å²) in [4.78, 5) is 12.3. The molecule has 0 aromatic rings. The van der Waals surface area contributed by atoms with E-state index in [4.69, 9.17) is 14.2 Å². The number of unbranched alkanes of at least 4 members (excludes halogenated alkanes) is 2. The van der Waals surface area contributed by atoms with E-state index in [1.54, 1.807) is 0 Å². The Kier molecular flexibility index (Phi) is 6.11. The zero-order chi connectivity index (χ0) is 22.5. The summed E-state index contributed by atoms with van der Waals surface area (Å²) >= 11 is 0. The first-order valence-corrected chi connectivity index (χ1v) is 12.5. The van der Waals surface area contributed by atoms with Gasteiger partial charge < -0.3 is 19.3 Å². The summed E-state index contributed by atoms with van der Waals surface area (Å²) in [5.74, 6) is -0.0165. The lowest BCUT2D eigenvalue weighted by molar-refractivity contribution is -0.145. The van der Waals surface area contributed by atoms with Gasteiger partial charge in [0, 0.05) is 18.8 Å². The first kappa shape index (κ1) is 23.3. The van der Waals surface area contributed by atoms with E-state index >= 15 is 0 Å². The minimum absolute atomic E-state index is 0.0258. The van der Waals surface area contributed by atoms with E-state index in [2.05, 4.69) is 20.4 Å². The van der Waals surface area contributed by atoms with Gasteiger partial charge in [-0.05, 0) is 64.2 Å². The molecule has 4 fully saturated rings. The van der Waals surface area contributed by atoms with Gasteiger partial charge in [-0.2, -0.15) is 0 Å². The molecule has 2 aliphatic heterocycles. The third-order valence-electron chi connectivity index (χ3n) is 8.75. The summed E-state index contributed by atoms with van der Waals surface area (Å²) in [5, 5.41) is 11.0. The van der Waals surface area contributed by atoms with Gasteiger partial charge in [0.05, 0.1) is 17.8 Å². The minimum atomic E-state index is -0.785. The van der Waals surface area contributed by atoms with Crippen LogP contribution in [-0.4, -0.2) is 46.7 Å². The second-order valence-corrected chi connectivity index (χ2v) is 11.5. The Morgan fingerprint density at radius 1 is 1.19 bits per heavy atom. The zero-order valence-corrected chi connectivity index (χ0v) is 20.0. The molecule has 0 bridgehead atoms. The van der Waals surface area contributed by atoms with Gasteiger partial charge in [-0.25, -0.2) is 0 Å². The van der Waals surface area contributed by atoms with E-state index in [9.17, 15) is 9.90 Å². The molecule has 4 rings (SSSR count). The van der Waals surface area contributed by atoms with Gasteiger partial charge in [-0.3, -0.25) is 4.79 Å². The van der Waals surface area contributed by atoms with Crippen molar-refractivity contribution in [3.05, 3.63) is 12.2 Å². The van der Waals surface area contributed by atoms with Crippen LogP contribution in [0.1, 0.15) is 98.3 Å². The molecule has 0 aromatic carbocycles. The number of hydrogen-bond acceptors (Lipinski definition) is 5. The fourth-order valence-electron chi connectivity index (χ4n) is 6.68. The lowest BCUT2D eigenvalue weighted by Gasteiger charge is -2.37. The van der Waals surface area contributed by atoms with Crippen LogP contribution in [0.5, 0.6) is 0 Å². The molecular weight excluding hydrogens is 392 g/mol. The van der Waals surface area contributed by atoms with E-state index in [1.165, 1.54) is 5.57 Å². The largest absolute Gasteiger partial charge is 0.462 e. The maximum atomic E-state index is 12.3. The molecular formula is C26H42O5. The summed E-state index contributed by atoms with van der Waals surface area (Å²) in [5.41, 5.74) is -0.245. The Labute approximate surface area is 187 Å². The molecule has 176 valence electrons. The molecule has 1 spiro atoms. The summed E-state index contributed by atoms with van der Waals surface area (Å²) in [7, 11) is 0. The predicted octanol–water partition coefficient (Wildman–Crippen LogP) is 5.09. The minimum Gasteiger partial charge on any atom is -0.462 e. The average Bonchev–Trinajstić information content (AvgIpc) is 3.55. The van der Waals surface area contributed by atoms with Crippen LogP contribution >= 0.6 is 0 Å². The number of hydrogen-bond donors (Lipinski definition) is 1. The molecule has 2 saturated heterocycles. The van der Waals surface area contributed by atoms with E-state index in [1.807, 2.05) is 13.8 Å². The molecule has 6 atom stereocenters. The van der Waals surface area contributed by atoms with Gasteiger partial charge in [0.1, 0.15) is 17.8 Å². The van der Waals surface area contributed by atoms with Crippen LogP contribution in [0.15, 0.2) is 12.2 Å². The Balaban J connectivity index is 1.51. The standard InChI is InChI=1S/C26H42O5/c1-6-7-8-9-22(27)29-17-25-16-21-26(31-21)19(23(3,4)28)13-15-24(26,5)14-12-18(2)10-11-20(25)30-25/h19-21,28H,2,6-17H2,1,3-5H3/t19-,20-,21+,24+,25-,26+/m0/s1. The number of aliphatic hydroxyl groups is 1. The highest BCUT2D eigenvalue weighted by Crippen LogP contribution is 2.69. The molecule has 0 unspecified atom stereocenters. The van der Waals surface area contributed by atoms with Gasteiger partial charge in [0.15, 0.2) is 0 Å². The van der Waals surface area contributed by atoms with Crippen molar-refractivity contribution in [3.63, 3.8) is 0 Å². The number of esters is 1. The monoisotopic (exact) mass is 434 g/mol. The molecule has 5 heteroatoms. The highest BCUT2D eigenvalue weighted by molar-refractivity contribution is 5.69. The summed E-state index contributed by atoms with van der Waals surface area (Å²) < 4.78 is 18.5. The van der Waals surface area contributed by atoms with Gasteiger partial charge >= 0.3 is 5.97 Å². The van der Waals surface area contributed by atoms with Crippen LogP contribution in [0.25, 0.3) is 0 Å². The molecule has 4 aliphatic rings. The van der Waals surface area contributed by atoms with Crippen molar-refractivity contribution in [2.24, 2.45) is 11.3 Å². The lowest BCUT2D eigenvalue weighted by Crippen LogP contribution is -2.46. The van der Waals surface area contributed by atoms with Crippen molar-refractivity contribution in [3.8, 4) is 0 Å². The third-order valence-corrected chi connectivity index (χ3v) is 8.75. The van der Waals surface area contributed by atoms with Crippen LogP contribution < -0.4 is 0 Å². The summed E-state index contributed by atoms with van der Waals surface area (Å²) in [6, 6.07) is 0. The van der Waals surface area contributed by atoms with Crippen LogP contribution in [0.3, 0.4) is 0 Å². The molecule has 0 amide bonds. The molecule has 5 nitrogen and oxygen atoms in total. The van der Waals surface area contributed by atoms with Crippen molar-refractivity contribution in [2.75, 3.05) is 6.61 Å². The quantitative estimate of drug-likeness (QED) is 0.261. The number of carbonyl (C=O) groups is 1. The Morgan fingerprint density at radius 3 is 2.68 bits per heavy atom. The number of epoxide rings is 2. The number of ether oxygens (including phenoxy) is 3. The van der Waals surface area contributed by atoms with Crippen LogP contribution in [0, 0.1) is 11.3 Å². The average molecular weight is 435 g/mol. The third kappa shape index (κ3) is 4.22. The van der Waals surface area contributed by atoms with Crippen molar-refractivity contribution in [1.82, 2.24) is 0 Å². The molecule has 1 N–H and O–H groups in total.